The standard InChI is InChI=1S/C14H21NO4/c1-14(2,13(16)19-5)9-15-11-8-10(17-3)6-7-12(11)18-4/h6-8,15H,9H2,1-5H3. The Balaban J connectivity index is 2.84. The van der Waals surface area contributed by atoms with Crippen molar-refractivity contribution in [1.29, 1.82) is 0 Å². The summed E-state index contributed by atoms with van der Waals surface area (Å²) in [6, 6.07) is 5.45. The van der Waals surface area contributed by atoms with Gasteiger partial charge in [0.05, 0.1) is 32.4 Å². The van der Waals surface area contributed by atoms with Crippen LogP contribution in [-0.4, -0.2) is 33.8 Å². The van der Waals surface area contributed by atoms with Gasteiger partial charge in [-0.1, -0.05) is 0 Å². The van der Waals surface area contributed by atoms with Crippen LogP contribution < -0.4 is 14.8 Å². The lowest BCUT2D eigenvalue weighted by molar-refractivity contribution is -0.149. The monoisotopic (exact) mass is 267 g/mol. The Morgan fingerprint density at radius 2 is 1.89 bits per heavy atom. The van der Waals surface area contributed by atoms with Crippen LogP contribution in [0, 0.1) is 5.41 Å². The lowest BCUT2D eigenvalue weighted by Gasteiger charge is -2.23. The third-order valence-electron chi connectivity index (χ3n) is 2.87. The van der Waals surface area contributed by atoms with Crippen LogP contribution in [0.5, 0.6) is 11.5 Å². The summed E-state index contributed by atoms with van der Waals surface area (Å²) in [6.45, 7) is 4.07. The van der Waals surface area contributed by atoms with E-state index in [0.29, 0.717) is 12.3 Å². The molecule has 5 nitrogen and oxygen atoms in total. The molecule has 5 heteroatoms. The number of anilines is 1. The van der Waals surface area contributed by atoms with Crippen LogP contribution in [-0.2, 0) is 9.53 Å². The maximum atomic E-state index is 11.6. The van der Waals surface area contributed by atoms with Crippen molar-refractivity contribution in [2.45, 2.75) is 13.8 Å². The van der Waals surface area contributed by atoms with Crippen molar-refractivity contribution in [3.63, 3.8) is 0 Å². The highest BCUT2D eigenvalue weighted by atomic mass is 16.5. The van der Waals surface area contributed by atoms with Gasteiger partial charge in [0.1, 0.15) is 11.5 Å². The van der Waals surface area contributed by atoms with Crippen molar-refractivity contribution >= 4 is 11.7 Å². The highest BCUT2D eigenvalue weighted by molar-refractivity contribution is 5.76. The normalized spacial score (nSPS) is 10.8. The summed E-state index contributed by atoms with van der Waals surface area (Å²) >= 11 is 0. The molecule has 0 saturated heterocycles. The van der Waals surface area contributed by atoms with Crippen LogP contribution in [0.15, 0.2) is 18.2 Å². The summed E-state index contributed by atoms with van der Waals surface area (Å²) in [5.74, 6) is 1.16. The molecule has 0 spiro atoms. The van der Waals surface area contributed by atoms with E-state index in [9.17, 15) is 4.79 Å². The van der Waals surface area contributed by atoms with Crippen molar-refractivity contribution in [2.75, 3.05) is 33.2 Å². The topological polar surface area (TPSA) is 56.8 Å². The molecule has 0 bridgehead atoms. The smallest absolute Gasteiger partial charge is 0.313 e. The first kappa shape index (κ1) is 15.1. The SMILES string of the molecule is COC(=O)C(C)(C)CNc1cc(OC)ccc1OC. The first-order valence-corrected chi connectivity index (χ1v) is 5.99. The van der Waals surface area contributed by atoms with Crippen LogP contribution in [0.4, 0.5) is 5.69 Å². The fraction of sp³-hybridized carbons (Fsp3) is 0.500. The molecule has 0 atom stereocenters. The highest BCUT2D eigenvalue weighted by Gasteiger charge is 2.28. The van der Waals surface area contributed by atoms with Gasteiger partial charge in [-0.05, 0) is 26.0 Å². The molecular weight excluding hydrogens is 246 g/mol. The number of rotatable bonds is 6. The van der Waals surface area contributed by atoms with E-state index in [-0.39, 0.29) is 5.97 Å². The van der Waals surface area contributed by atoms with Gasteiger partial charge >= 0.3 is 5.97 Å². The molecule has 1 aromatic carbocycles. The van der Waals surface area contributed by atoms with E-state index in [0.717, 1.165) is 11.4 Å². The number of hydrogen-bond donors (Lipinski definition) is 1. The number of ether oxygens (including phenoxy) is 3. The van der Waals surface area contributed by atoms with Gasteiger partial charge in [0.25, 0.3) is 0 Å². The summed E-state index contributed by atoms with van der Waals surface area (Å²) in [4.78, 5) is 11.6. The Labute approximate surface area is 113 Å². The van der Waals surface area contributed by atoms with E-state index >= 15 is 0 Å². The molecule has 0 fully saturated rings. The molecule has 1 aromatic rings. The Bertz CT molecular complexity index is 443. The molecule has 0 heterocycles. The number of hydrogen-bond acceptors (Lipinski definition) is 5. The molecule has 19 heavy (non-hydrogen) atoms. The maximum absolute atomic E-state index is 11.6. The van der Waals surface area contributed by atoms with Crippen molar-refractivity contribution in [3.8, 4) is 11.5 Å². The van der Waals surface area contributed by atoms with Crippen LogP contribution in [0.2, 0.25) is 0 Å². The number of carbonyl (C=O) groups is 1. The first-order valence-electron chi connectivity index (χ1n) is 5.99. The molecule has 0 radical (unpaired) electrons. The Hall–Kier alpha value is -1.91. The van der Waals surface area contributed by atoms with Crippen LogP contribution in [0.1, 0.15) is 13.8 Å². The number of esters is 1. The van der Waals surface area contributed by atoms with Crippen LogP contribution in [0.25, 0.3) is 0 Å². The Morgan fingerprint density at radius 3 is 2.42 bits per heavy atom. The number of benzene rings is 1. The molecule has 1 rings (SSSR count). The van der Waals surface area contributed by atoms with E-state index in [2.05, 4.69) is 5.32 Å². The number of carbonyl (C=O) groups excluding carboxylic acids is 1. The zero-order valence-electron chi connectivity index (χ0n) is 12.1. The first-order chi connectivity index (χ1) is 8.94. The highest BCUT2D eigenvalue weighted by Crippen LogP contribution is 2.30. The van der Waals surface area contributed by atoms with Gasteiger partial charge in [0.15, 0.2) is 0 Å². The molecular formula is C14H21NO4. The van der Waals surface area contributed by atoms with E-state index in [1.807, 2.05) is 32.0 Å². The molecule has 0 aromatic heterocycles. The lowest BCUT2D eigenvalue weighted by Crippen LogP contribution is -2.33. The number of methoxy groups -OCH3 is 3. The number of nitrogens with one attached hydrogen (secondary N) is 1. The average molecular weight is 267 g/mol. The van der Waals surface area contributed by atoms with Crippen LogP contribution >= 0.6 is 0 Å². The summed E-state index contributed by atoms with van der Waals surface area (Å²) in [6.07, 6.45) is 0. The van der Waals surface area contributed by atoms with E-state index in [1.54, 1.807) is 14.2 Å². The molecule has 0 aliphatic carbocycles. The van der Waals surface area contributed by atoms with Crippen LogP contribution in [0.3, 0.4) is 0 Å². The minimum Gasteiger partial charge on any atom is -0.497 e. The average Bonchev–Trinajstić information content (AvgIpc) is 2.43. The van der Waals surface area contributed by atoms with Crippen molar-refractivity contribution in [1.82, 2.24) is 0 Å². The third kappa shape index (κ3) is 3.77. The van der Waals surface area contributed by atoms with Gasteiger partial charge in [0.2, 0.25) is 0 Å². The van der Waals surface area contributed by atoms with Crippen molar-refractivity contribution in [3.05, 3.63) is 18.2 Å². The molecule has 1 N–H and O–H groups in total. The van der Waals surface area contributed by atoms with E-state index < -0.39 is 5.41 Å². The Morgan fingerprint density at radius 1 is 1.21 bits per heavy atom. The minimum absolute atomic E-state index is 0.262. The lowest BCUT2D eigenvalue weighted by atomic mass is 9.93. The molecule has 0 aliphatic rings. The fourth-order valence-corrected chi connectivity index (χ4v) is 1.62. The largest absolute Gasteiger partial charge is 0.497 e. The third-order valence-corrected chi connectivity index (χ3v) is 2.87. The zero-order valence-corrected chi connectivity index (χ0v) is 12.1. The second kappa shape index (κ2) is 6.31. The zero-order chi connectivity index (χ0) is 14.5. The van der Waals surface area contributed by atoms with E-state index in [1.165, 1.54) is 7.11 Å². The molecule has 106 valence electrons. The molecule has 0 amide bonds. The minimum atomic E-state index is -0.622. The predicted molar refractivity (Wildman–Crippen MR) is 73.8 cm³/mol. The van der Waals surface area contributed by atoms with E-state index in [4.69, 9.17) is 14.2 Å². The van der Waals surface area contributed by atoms with Gasteiger partial charge in [-0.3, -0.25) is 4.79 Å². The second-order valence-corrected chi connectivity index (χ2v) is 4.80. The van der Waals surface area contributed by atoms with Crippen molar-refractivity contribution in [2.24, 2.45) is 5.41 Å². The predicted octanol–water partition coefficient (Wildman–Crippen LogP) is 2.31. The quantitative estimate of drug-likeness (QED) is 0.802. The molecule has 0 saturated carbocycles. The summed E-state index contributed by atoms with van der Waals surface area (Å²) < 4.78 is 15.2. The van der Waals surface area contributed by atoms with Gasteiger partial charge in [-0.15, -0.1) is 0 Å². The second-order valence-electron chi connectivity index (χ2n) is 4.80. The van der Waals surface area contributed by atoms with Gasteiger partial charge in [0, 0.05) is 12.6 Å². The maximum Gasteiger partial charge on any atom is 0.313 e. The van der Waals surface area contributed by atoms with Gasteiger partial charge in [-0.2, -0.15) is 0 Å². The summed E-state index contributed by atoms with van der Waals surface area (Å²) in [7, 11) is 4.58. The molecule has 0 unspecified atom stereocenters. The Kier molecular flexibility index (Phi) is 5.03. The summed E-state index contributed by atoms with van der Waals surface area (Å²) in [5.41, 5.74) is 0.155. The van der Waals surface area contributed by atoms with Gasteiger partial charge in [-0.25, -0.2) is 0 Å². The molecule has 0 aliphatic heterocycles. The van der Waals surface area contributed by atoms with Gasteiger partial charge < -0.3 is 19.5 Å². The fourth-order valence-electron chi connectivity index (χ4n) is 1.62. The van der Waals surface area contributed by atoms with Crippen molar-refractivity contribution < 1.29 is 19.0 Å². The summed E-state index contributed by atoms with van der Waals surface area (Å²) in [5, 5.41) is 3.19.